The second-order valence-electron chi connectivity index (χ2n) is 4.98. The molecule has 0 radical (unpaired) electrons. The summed E-state index contributed by atoms with van der Waals surface area (Å²) >= 11 is 5.27. The maximum Gasteiger partial charge on any atom is 0.221 e. The van der Waals surface area contributed by atoms with E-state index in [1.54, 1.807) is 0 Å². The zero-order valence-corrected chi connectivity index (χ0v) is 12.7. The molecule has 0 spiro atoms. The molecule has 0 atom stereocenters. The Morgan fingerprint density at radius 3 is 1.89 bits per heavy atom. The van der Waals surface area contributed by atoms with Gasteiger partial charge in [0.1, 0.15) is 0 Å². The van der Waals surface area contributed by atoms with Gasteiger partial charge in [0, 0.05) is 6.42 Å². The highest BCUT2D eigenvalue weighted by atomic mass is 35.5. The molecule has 0 heterocycles. The molecule has 0 bridgehead atoms. The van der Waals surface area contributed by atoms with Gasteiger partial charge in [-0.3, -0.25) is 4.79 Å². The minimum Gasteiger partial charge on any atom is -0.281 e. The SMILES string of the molecule is CCCCCCCCC=CCCCCCC(=O)Cl. The van der Waals surface area contributed by atoms with Gasteiger partial charge in [-0.1, -0.05) is 57.6 Å². The average Bonchev–Trinajstić information content (AvgIpc) is 2.34. The van der Waals surface area contributed by atoms with Crippen LogP contribution in [0.3, 0.4) is 0 Å². The lowest BCUT2D eigenvalue weighted by atomic mass is 10.1. The number of halogens is 1. The van der Waals surface area contributed by atoms with E-state index in [4.69, 9.17) is 11.6 Å². The Labute approximate surface area is 118 Å². The molecule has 0 aromatic rings. The summed E-state index contributed by atoms with van der Waals surface area (Å²) in [7, 11) is 0. The number of hydrogen-bond donors (Lipinski definition) is 0. The van der Waals surface area contributed by atoms with E-state index in [-0.39, 0.29) is 5.24 Å². The molecule has 0 fully saturated rings. The minimum absolute atomic E-state index is 0.200. The summed E-state index contributed by atoms with van der Waals surface area (Å²) in [6.07, 6.45) is 19.0. The summed E-state index contributed by atoms with van der Waals surface area (Å²) in [4.78, 5) is 10.5. The van der Waals surface area contributed by atoms with Crippen LogP contribution in [-0.4, -0.2) is 5.24 Å². The van der Waals surface area contributed by atoms with Gasteiger partial charge >= 0.3 is 0 Å². The highest BCUT2D eigenvalue weighted by molar-refractivity contribution is 6.63. The van der Waals surface area contributed by atoms with E-state index < -0.39 is 0 Å². The third kappa shape index (κ3) is 15.7. The largest absolute Gasteiger partial charge is 0.281 e. The van der Waals surface area contributed by atoms with Crippen LogP contribution in [0.1, 0.15) is 84.0 Å². The quantitative estimate of drug-likeness (QED) is 0.228. The van der Waals surface area contributed by atoms with E-state index in [1.165, 1.54) is 51.4 Å². The second kappa shape index (κ2) is 14.8. The first kappa shape index (κ1) is 17.7. The zero-order chi connectivity index (χ0) is 13.5. The molecular formula is C16H29ClO. The van der Waals surface area contributed by atoms with Crippen LogP contribution < -0.4 is 0 Å². The van der Waals surface area contributed by atoms with Gasteiger partial charge in [0.05, 0.1) is 0 Å². The fourth-order valence-electron chi connectivity index (χ4n) is 1.98. The van der Waals surface area contributed by atoms with Crippen molar-refractivity contribution in [3.8, 4) is 0 Å². The summed E-state index contributed by atoms with van der Waals surface area (Å²) in [5, 5.41) is -0.200. The van der Waals surface area contributed by atoms with E-state index in [0.29, 0.717) is 6.42 Å². The molecular weight excluding hydrogens is 244 g/mol. The standard InChI is InChI=1S/C16H29ClO/c1-2-3-4-5-6-7-8-9-10-11-12-13-14-15-16(17)18/h9-10H,2-8,11-15H2,1H3. The van der Waals surface area contributed by atoms with Crippen LogP contribution in [0.2, 0.25) is 0 Å². The molecule has 0 aliphatic heterocycles. The zero-order valence-electron chi connectivity index (χ0n) is 11.9. The summed E-state index contributed by atoms with van der Waals surface area (Å²) < 4.78 is 0. The molecule has 0 amide bonds. The Kier molecular flexibility index (Phi) is 14.5. The molecule has 2 heteroatoms. The molecule has 0 saturated heterocycles. The van der Waals surface area contributed by atoms with Gasteiger partial charge in [0.15, 0.2) is 0 Å². The van der Waals surface area contributed by atoms with Gasteiger partial charge in [0.25, 0.3) is 0 Å². The van der Waals surface area contributed by atoms with Gasteiger partial charge in [-0.25, -0.2) is 0 Å². The molecule has 18 heavy (non-hydrogen) atoms. The topological polar surface area (TPSA) is 17.1 Å². The summed E-state index contributed by atoms with van der Waals surface area (Å²) in [6.45, 7) is 2.26. The van der Waals surface area contributed by atoms with Crippen LogP contribution >= 0.6 is 11.6 Å². The first-order valence-electron chi connectivity index (χ1n) is 7.60. The molecule has 0 aliphatic rings. The Morgan fingerprint density at radius 2 is 1.33 bits per heavy atom. The molecule has 0 rings (SSSR count). The van der Waals surface area contributed by atoms with Crippen molar-refractivity contribution in [1.82, 2.24) is 0 Å². The van der Waals surface area contributed by atoms with E-state index in [2.05, 4.69) is 19.1 Å². The minimum atomic E-state index is -0.200. The summed E-state index contributed by atoms with van der Waals surface area (Å²) in [5.74, 6) is 0. The Balaban J connectivity index is 3.07. The highest BCUT2D eigenvalue weighted by Gasteiger charge is 1.94. The van der Waals surface area contributed by atoms with Gasteiger partial charge < -0.3 is 0 Å². The number of unbranched alkanes of at least 4 members (excludes halogenated alkanes) is 9. The second-order valence-corrected chi connectivity index (χ2v) is 5.40. The van der Waals surface area contributed by atoms with Crippen molar-refractivity contribution < 1.29 is 4.79 Å². The highest BCUT2D eigenvalue weighted by Crippen LogP contribution is 2.08. The first-order valence-corrected chi connectivity index (χ1v) is 7.98. The predicted molar refractivity (Wildman–Crippen MR) is 81.1 cm³/mol. The van der Waals surface area contributed by atoms with E-state index in [0.717, 1.165) is 19.3 Å². The first-order chi connectivity index (χ1) is 8.77. The lowest BCUT2D eigenvalue weighted by Gasteiger charge is -1.98. The average molecular weight is 273 g/mol. The van der Waals surface area contributed by atoms with Gasteiger partial charge in [-0.15, -0.1) is 0 Å². The molecule has 0 aromatic heterocycles. The van der Waals surface area contributed by atoms with Gasteiger partial charge in [0.2, 0.25) is 5.24 Å². The lowest BCUT2D eigenvalue weighted by molar-refractivity contribution is -0.111. The number of carbonyl (C=O) groups excluding carboxylic acids is 1. The van der Waals surface area contributed by atoms with Crippen LogP contribution in [-0.2, 0) is 4.79 Å². The summed E-state index contributed by atoms with van der Waals surface area (Å²) in [6, 6.07) is 0. The summed E-state index contributed by atoms with van der Waals surface area (Å²) in [5.41, 5.74) is 0. The maximum atomic E-state index is 10.5. The number of hydrogen-bond acceptors (Lipinski definition) is 1. The monoisotopic (exact) mass is 272 g/mol. The van der Waals surface area contributed by atoms with Crippen molar-refractivity contribution in [2.75, 3.05) is 0 Å². The van der Waals surface area contributed by atoms with Crippen LogP contribution in [0.5, 0.6) is 0 Å². The fraction of sp³-hybridized carbons (Fsp3) is 0.812. The van der Waals surface area contributed by atoms with Crippen molar-refractivity contribution in [2.24, 2.45) is 0 Å². The van der Waals surface area contributed by atoms with Crippen molar-refractivity contribution >= 4 is 16.8 Å². The fourth-order valence-corrected chi connectivity index (χ4v) is 2.11. The van der Waals surface area contributed by atoms with Crippen LogP contribution in [0, 0.1) is 0 Å². The van der Waals surface area contributed by atoms with Crippen LogP contribution in [0.4, 0.5) is 0 Å². The molecule has 1 nitrogen and oxygen atoms in total. The van der Waals surface area contributed by atoms with Crippen molar-refractivity contribution in [3.63, 3.8) is 0 Å². The number of allylic oxidation sites excluding steroid dienone is 2. The molecule has 0 saturated carbocycles. The van der Waals surface area contributed by atoms with E-state index in [1.807, 2.05) is 0 Å². The van der Waals surface area contributed by atoms with Crippen LogP contribution in [0.25, 0.3) is 0 Å². The molecule has 0 N–H and O–H groups in total. The lowest BCUT2D eigenvalue weighted by Crippen LogP contribution is -1.85. The molecule has 0 aliphatic carbocycles. The third-order valence-electron chi connectivity index (χ3n) is 3.14. The molecule has 0 aromatic carbocycles. The van der Waals surface area contributed by atoms with Crippen molar-refractivity contribution in [2.45, 2.75) is 84.0 Å². The normalized spacial score (nSPS) is 11.2. The van der Waals surface area contributed by atoms with E-state index >= 15 is 0 Å². The smallest absolute Gasteiger partial charge is 0.221 e. The van der Waals surface area contributed by atoms with Crippen LogP contribution in [0.15, 0.2) is 12.2 Å². The Hall–Kier alpha value is -0.300. The third-order valence-corrected chi connectivity index (χ3v) is 3.32. The Bertz CT molecular complexity index is 211. The molecule has 106 valence electrons. The maximum absolute atomic E-state index is 10.5. The molecule has 0 unspecified atom stereocenters. The van der Waals surface area contributed by atoms with Crippen molar-refractivity contribution in [1.29, 1.82) is 0 Å². The predicted octanol–water partition coefficient (Wildman–Crippen LogP) is 6.01. The number of carbonyl (C=O) groups is 1. The van der Waals surface area contributed by atoms with E-state index in [9.17, 15) is 4.79 Å². The van der Waals surface area contributed by atoms with Crippen molar-refractivity contribution in [3.05, 3.63) is 12.2 Å². The number of rotatable bonds is 13. The van der Waals surface area contributed by atoms with Gasteiger partial charge in [-0.05, 0) is 43.7 Å². The van der Waals surface area contributed by atoms with Gasteiger partial charge in [-0.2, -0.15) is 0 Å². The Morgan fingerprint density at radius 1 is 0.833 bits per heavy atom.